The number of aliphatic imine (C=N–C) groups is 1. The number of nitrogens with zero attached hydrogens (tertiary/aromatic N) is 3. The van der Waals surface area contributed by atoms with Gasteiger partial charge in [0.1, 0.15) is 18.1 Å². The van der Waals surface area contributed by atoms with Gasteiger partial charge in [-0.1, -0.05) is 0 Å². The molecule has 3 aliphatic rings. The van der Waals surface area contributed by atoms with Crippen LogP contribution in [0, 0.1) is 6.92 Å². The first kappa shape index (κ1) is 13.1. The number of ether oxygens (including phenoxy) is 1. The van der Waals surface area contributed by atoms with E-state index in [1.807, 2.05) is 11.6 Å². The average Bonchev–Trinajstić information content (AvgIpc) is 3.08. The normalized spacial score (nSPS) is 21.7. The smallest absolute Gasteiger partial charge is 0.292 e. The molecule has 0 bridgehead atoms. The number of rotatable bonds is 1. The molecule has 1 aromatic heterocycles. The van der Waals surface area contributed by atoms with Gasteiger partial charge in [-0.05, 0) is 13.3 Å². The molecule has 22 heavy (non-hydrogen) atoms. The van der Waals surface area contributed by atoms with Gasteiger partial charge in [0.05, 0.1) is 11.4 Å². The lowest BCUT2D eigenvalue weighted by Crippen LogP contribution is -2.31. The Bertz CT molecular complexity index is 823. The molecular weight excluding hydrogens is 284 g/mol. The molecule has 1 saturated heterocycles. The van der Waals surface area contributed by atoms with Crippen LogP contribution in [0.3, 0.4) is 0 Å². The summed E-state index contributed by atoms with van der Waals surface area (Å²) < 4.78 is 9.15. The third-order valence-electron chi connectivity index (χ3n) is 4.17. The Labute approximate surface area is 126 Å². The number of hydrogen-bond donors (Lipinski definition) is 1. The third kappa shape index (κ3) is 1.85. The van der Waals surface area contributed by atoms with Crippen LogP contribution in [0.4, 0.5) is 5.69 Å². The van der Waals surface area contributed by atoms with Crippen molar-refractivity contribution in [2.75, 3.05) is 13.2 Å². The van der Waals surface area contributed by atoms with Gasteiger partial charge in [0, 0.05) is 31.8 Å². The Balaban J connectivity index is 1.78. The summed E-state index contributed by atoms with van der Waals surface area (Å²) in [6, 6.07) is 0. The van der Waals surface area contributed by atoms with Gasteiger partial charge in [-0.15, -0.1) is 0 Å². The van der Waals surface area contributed by atoms with Crippen molar-refractivity contribution < 1.29 is 9.53 Å². The highest BCUT2D eigenvalue weighted by molar-refractivity contribution is 6.49. The van der Waals surface area contributed by atoms with Gasteiger partial charge in [-0.25, -0.2) is 9.67 Å². The van der Waals surface area contributed by atoms with Crippen molar-refractivity contribution in [3.8, 4) is 0 Å². The average molecular weight is 300 g/mol. The Kier molecular flexibility index (Phi) is 2.82. The van der Waals surface area contributed by atoms with Crippen molar-refractivity contribution in [3.63, 3.8) is 0 Å². The molecule has 3 heterocycles. The lowest BCUT2D eigenvalue weighted by atomic mass is 10.1. The van der Waals surface area contributed by atoms with Crippen LogP contribution < -0.4 is 10.9 Å². The number of ketones is 1. The van der Waals surface area contributed by atoms with Crippen LogP contribution in [0.25, 0.3) is 0 Å². The second-order valence-corrected chi connectivity index (χ2v) is 5.54. The molecule has 1 N–H and O–H groups in total. The standard InChI is InChI=1S/C15H16N4O3/c1-9-14(15(21)19-5-2-4-18(9)19)17-10-8-13-11(7-12(10)20)16-3-6-22-13/h7-8,16H,2-6H2,1H3. The quantitative estimate of drug-likeness (QED) is 0.762. The number of carbonyl (C=O) groups is 1. The van der Waals surface area contributed by atoms with E-state index < -0.39 is 0 Å². The molecule has 0 amide bonds. The van der Waals surface area contributed by atoms with Crippen molar-refractivity contribution in [2.45, 2.75) is 26.4 Å². The van der Waals surface area contributed by atoms with Gasteiger partial charge in [-0.2, -0.15) is 0 Å². The summed E-state index contributed by atoms with van der Waals surface area (Å²) in [6.45, 7) is 4.61. The van der Waals surface area contributed by atoms with E-state index in [1.54, 1.807) is 10.8 Å². The fraction of sp³-hybridized carbons (Fsp3) is 0.400. The summed E-state index contributed by atoms with van der Waals surface area (Å²) in [6.07, 6.45) is 4.04. The molecule has 0 unspecified atom stereocenters. The number of carbonyl (C=O) groups excluding carboxylic acids is 1. The van der Waals surface area contributed by atoms with Crippen LogP contribution >= 0.6 is 0 Å². The van der Waals surface area contributed by atoms with E-state index >= 15 is 0 Å². The number of aromatic nitrogens is 2. The van der Waals surface area contributed by atoms with Gasteiger partial charge in [0.2, 0.25) is 5.78 Å². The molecule has 4 rings (SSSR count). The Morgan fingerprint density at radius 2 is 2.05 bits per heavy atom. The fourth-order valence-electron chi connectivity index (χ4n) is 3.06. The molecular formula is C15H16N4O3. The summed E-state index contributed by atoms with van der Waals surface area (Å²) in [4.78, 5) is 28.9. The molecule has 1 aromatic rings. The highest BCUT2D eigenvalue weighted by atomic mass is 16.5. The van der Waals surface area contributed by atoms with E-state index in [9.17, 15) is 9.59 Å². The summed E-state index contributed by atoms with van der Waals surface area (Å²) in [5.41, 5.74) is 1.95. The number of morpholine rings is 1. The van der Waals surface area contributed by atoms with Crippen LogP contribution in [-0.2, 0) is 22.6 Å². The van der Waals surface area contributed by atoms with E-state index in [0.29, 0.717) is 36.8 Å². The molecule has 1 aliphatic carbocycles. The van der Waals surface area contributed by atoms with Crippen LogP contribution in [0.1, 0.15) is 12.1 Å². The molecule has 0 atom stereocenters. The predicted octanol–water partition coefficient (Wildman–Crippen LogP) is 0.405. The number of fused-ring (bicyclic) bond motifs is 2. The molecule has 0 spiro atoms. The third-order valence-corrected chi connectivity index (χ3v) is 4.17. The molecule has 2 aliphatic heterocycles. The Morgan fingerprint density at radius 1 is 1.23 bits per heavy atom. The zero-order valence-electron chi connectivity index (χ0n) is 12.3. The van der Waals surface area contributed by atoms with Crippen LogP contribution in [0.15, 0.2) is 33.4 Å². The summed E-state index contributed by atoms with van der Waals surface area (Å²) in [7, 11) is 0. The number of allylic oxidation sites excluding steroid dienone is 2. The minimum atomic E-state index is -0.216. The summed E-state index contributed by atoms with van der Waals surface area (Å²) in [5, 5.41) is 3.11. The van der Waals surface area contributed by atoms with Crippen molar-refractivity contribution >= 4 is 17.2 Å². The molecule has 0 aromatic carbocycles. The summed E-state index contributed by atoms with van der Waals surface area (Å²) in [5.74, 6) is 0.390. The number of nitrogens with one attached hydrogen (secondary N) is 1. The summed E-state index contributed by atoms with van der Waals surface area (Å²) >= 11 is 0. The first-order chi connectivity index (χ1) is 10.6. The lowest BCUT2D eigenvalue weighted by molar-refractivity contribution is -0.109. The second-order valence-electron chi connectivity index (χ2n) is 5.54. The molecule has 1 fully saturated rings. The van der Waals surface area contributed by atoms with Crippen LogP contribution in [0.2, 0.25) is 0 Å². The second kappa shape index (κ2) is 4.72. The largest absolute Gasteiger partial charge is 0.490 e. The maximum Gasteiger partial charge on any atom is 0.292 e. The van der Waals surface area contributed by atoms with Gasteiger partial charge in [0.15, 0.2) is 5.69 Å². The van der Waals surface area contributed by atoms with Gasteiger partial charge in [-0.3, -0.25) is 14.3 Å². The van der Waals surface area contributed by atoms with E-state index in [1.165, 1.54) is 6.08 Å². The Hall–Kier alpha value is -2.57. The highest BCUT2D eigenvalue weighted by Gasteiger charge is 2.25. The minimum absolute atomic E-state index is 0.133. The van der Waals surface area contributed by atoms with Gasteiger partial charge >= 0.3 is 0 Å². The fourth-order valence-corrected chi connectivity index (χ4v) is 3.06. The molecule has 7 nitrogen and oxygen atoms in total. The van der Waals surface area contributed by atoms with Gasteiger partial charge < -0.3 is 10.1 Å². The van der Waals surface area contributed by atoms with Crippen molar-refractivity contribution in [2.24, 2.45) is 4.99 Å². The first-order valence-electron chi connectivity index (χ1n) is 7.39. The van der Waals surface area contributed by atoms with E-state index in [2.05, 4.69) is 10.3 Å². The topological polar surface area (TPSA) is 77.6 Å². The lowest BCUT2D eigenvalue weighted by Gasteiger charge is -2.23. The molecule has 0 radical (unpaired) electrons. The van der Waals surface area contributed by atoms with E-state index in [0.717, 1.165) is 18.7 Å². The highest BCUT2D eigenvalue weighted by Crippen LogP contribution is 2.22. The van der Waals surface area contributed by atoms with Crippen molar-refractivity contribution in [1.29, 1.82) is 0 Å². The maximum atomic E-state index is 12.4. The molecule has 114 valence electrons. The maximum absolute atomic E-state index is 12.4. The SMILES string of the molecule is Cc1c(N=C2C=C3OCCNC3=CC2=O)c(=O)n2n1CCC2. The predicted molar refractivity (Wildman–Crippen MR) is 80.3 cm³/mol. The van der Waals surface area contributed by atoms with E-state index in [-0.39, 0.29) is 17.1 Å². The van der Waals surface area contributed by atoms with Crippen molar-refractivity contribution in [3.05, 3.63) is 39.7 Å². The molecule has 0 saturated carbocycles. The van der Waals surface area contributed by atoms with Crippen LogP contribution in [-0.4, -0.2) is 34.0 Å². The van der Waals surface area contributed by atoms with Gasteiger partial charge in [0.25, 0.3) is 5.56 Å². The minimum Gasteiger partial charge on any atom is -0.490 e. The van der Waals surface area contributed by atoms with Crippen molar-refractivity contribution in [1.82, 2.24) is 14.7 Å². The Morgan fingerprint density at radius 3 is 2.86 bits per heavy atom. The monoisotopic (exact) mass is 300 g/mol. The first-order valence-corrected chi connectivity index (χ1v) is 7.39. The van der Waals surface area contributed by atoms with E-state index in [4.69, 9.17) is 4.74 Å². The zero-order chi connectivity index (χ0) is 15.3. The molecule has 7 heteroatoms. The zero-order valence-corrected chi connectivity index (χ0v) is 12.3. The van der Waals surface area contributed by atoms with Crippen LogP contribution in [0.5, 0.6) is 0 Å². The number of hydrogen-bond acceptors (Lipinski definition) is 5.